The minimum Gasteiger partial charge on any atom is -0.406 e. The molecule has 22 heavy (non-hydrogen) atoms. The van der Waals surface area contributed by atoms with Crippen LogP contribution in [0.3, 0.4) is 0 Å². The molecule has 10 heteroatoms. The van der Waals surface area contributed by atoms with E-state index in [1.165, 1.54) is 17.0 Å². The zero-order valence-corrected chi connectivity index (χ0v) is 12.6. The molecule has 1 aromatic carbocycles. The molecule has 5 nitrogen and oxygen atoms in total. The molecule has 0 bridgehead atoms. The van der Waals surface area contributed by atoms with Gasteiger partial charge in [-0.15, -0.1) is 13.2 Å². The predicted molar refractivity (Wildman–Crippen MR) is 71.7 cm³/mol. The second-order valence-corrected chi connectivity index (χ2v) is 7.68. The van der Waals surface area contributed by atoms with Crippen LogP contribution in [0.4, 0.5) is 13.2 Å². The third kappa shape index (κ3) is 4.51. The van der Waals surface area contributed by atoms with Gasteiger partial charge < -0.3 is 9.64 Å². The number of nitrogens with zero attached hydrogens (tertiary/aromatic N) is 1. The van der Waals surface area contributed by atoms with Crippen LogP contribution >= 0.6 is 10.7 Å². The highest BCUT2D eigenvalue weighted by molar-refractivity contribution is 8.14. The Labute approximate surface area is 129 Å². The molecule has 1 heterocycles. The fourth-order valence-corrected chi connectivity index (χ4v) is 3.15. The van der Waals surface area contributed by atoms with Crippen LogP contribution in [0, 0.1) is 0 Å². The van der Waals surface area contributed by atoms with Crippen molar-refractivity contribution >= 4 is 25.6 Å². The molecule has 0 spiro atoms. The number of likely N-dealkylation sites (tertiary alicyclic amines) is 1. The Morgan fingerprint density at radius 2 is 1.86 bits per heavy atom. The Kier molecular flexibility index (Phi) is 4.57. The second-order valence-electron chi connectivity index (χ2n) is 4.77. The number of carbonyl (C=O) groups is 1. The fraction of sp³-hybridized carbons (Fsp3) is 0.417. The zero-order chi connectivity index (χ0) is 16.5. The van der Waals surface area contributed by atoms with Gasteiger partial charge in [-0.3, -0.25) is 4.79 Å². The first-order valence-corrected chi connectivity index (χ1v) is 8.48. The van der Waals surface area contributed by atoms with Crippen molar-refractivity contribution in [3.05, 3.63) is 29.8 Å². The molecule has 1 fully saturated rings. The number of carbonyl (C=O) groups excluding carboxylic acids is 1. The standard InChI is InChI=1S/C12H11ClF3NO4S/c13-22(19,20)10-5-11(18)17(7-10)6-8-1-3-9(4-2-8)21-12(14,15)16/h1-4,10H,5-7H2. The van der Waals surface area contributed by atoms with Crippen LogP contribution in [0.5, 0.6) is 5.75 Å². The molecule has 1 aliphatic rings. The van der Waals surface area contributed by atoms with Gasteiger partial charge in [-0.2, -0.15) is 0 Å². The van der Waals surface area contributed by atoms with Gasteiger partial charge in [0.25, 0.3) is 0 Å². The van der Waals surface area contributed by atoms with Crippen molar-refractivity contribution in [2.75, 3.05) is 6.54 Å². The lowest BCUT2D eigenvalue weighted by molar-refractivity contribution is -0.274. The molecule has 0 aliphatic carbocycles. The molecule has 122 valence electrons. The average Bonchev–Trinajstić information content (AvgIpc) is 2.72. The summed E-state index contributed by atoms with van der Waals surface area (Å²) in [6, 6.07) is 4.99. The Morgan fingerprint density at radius 1 is 1.27 bits per heavy atom. The van der Waals surface area contributed by atoms with E-state index < -0.39 is 20.7 Å². The summed E-state index contributed by atoms with van der Waals surface area (Å²) >= 11 is 0. The van der Waals surface area contributed by atoms with E-state index in [0.29, 0.717) is 5.56 Å². The number of rotatable bonds is 4. The van der Waals surface area contributed by atoms with Gasteiger partial charge >= 0.3 is 6.36 Å². The molecule has 0 N–H and O–H groups in total. The molecule has 0 radical (unpaired) electrons. The summed E-state index contributed by atoms with van der Waals surface area (Å²) in [6.45, 7) is 0.0551. The highest BCUT2D eigenvalue weighted by atomic mass is 35.7. The Morgan fingerprint density at radius 3 is 2.32 bits per heavy atom. The largest absolute Gasteiger partial charge is 0.573 e. The number of hydrogen-bond donors (Lipinski definition) is 0. The van der Waals surface area contributed by atoms with Gasteiger partial charge in [0.15, 0.2) is 0 Å². The maximum atomic E-state index is 12.0. The summed E-state index contributed by atoms with van der Waals surface area (Å²) in [5.74, 6) is -0.741. The predicted octanol–water partition coefficient (Wildman–Crippen LogP) is 2.25. The number of halogens is 4. The van der Waals surface area contributed by atoms with Crippen molar-refractivity contribution in [2.45, 2.75) is 24.6 Å². The van der Waals surface area contributed by atoms with Crippen LogP contribution in [0.2, 0.25) is 0 Å². The third-order valence-corrected chi connectivity index (χ3v) is 4.98. The van der Waals surface area contributed by atoms with E-state index in [4.69, 9.17) is 10.7 Å². The summed E-state index contributed by atoms with van der Waals surface area (Å²) < 4.78 is 62.3. The quantitative estimate of drug-likeness (QED) is 0.775. The lowest BCUT2D eigenvalue weighted by atomic mass is 10.2. The summed E-state index contributed by atoms with van der Waals surface area (Å²) in [6.07, 6.45) is -4.96. The maximum absolute atomic E-state index is 12.0. The molecule has 1 amide bonds. The van der Waals surface area contributed by atoms with Gasteiger partial charge in [-0.05, 0) is 17.7 Å². The average molecular weight is 358 g/mol. The number of hydrogen-bond acceptors (Lipinski definition) is 4. The van der Waals surface area contributed by atoms with Crippen molar-refractivity contribution < 1.29 is 31.1 Å². The van der Waals surface area contributed by atoms with E-state index in [0.717, 1.165) is 12.1 Å². The van der Waals surface area contributed by atoms with Crippen LogP contribution in [0.25, 0.3) is 0 Å². The van der Waals surface area contributed by atoms with Gasteiger partial charge in [0, 0.05) is 30.2 Å². The molecule has 1 unspecified atom stereocenters. The third-order valence-electron chi connectivity index (χ3n) is 3.11. The van der Waals surface area contributed by atoms with Crippen molar-refractivity contribution in [1.29, 1.82) is 0 Å². The van der Waals surface area contributed by atoms with Crippen molar-refractivity contribution in [1.82, 2.24) is 4.90 Å². The van der Waals surface area contributed by atoms with Gasteiger partial charge in [-0.1, -0.05) is 12.1 Å². The topological polar surface area (TPSA) is 63.7 Å². The number of benzene rings is 1. The molecule has 0 aromatic heterocycles. The molecule has 1 aromatic rings. The van der Waals surface area contributed by atoms with E-state index in [9.17, 15) is 26.4 Å². The van der Waals surface area contributed by atoms with E-state index in [-0.39, 0.29) is 31.2 Å². The van der Waals surface area contributed by atoms with E-state index >= 15 is 0 Å². The molecular weight excluding hydrogens is 347 g/mol. The first kappa shape index (κ1) is 16.9. The monoisotopic (exact) mass is 357 g/mol. The maximum Gasteiger partial charge on any atom is 0.573 e. The van der Waals surface area contributed by atoms with E-state index in [2.05, 4.69) is 4.74 Å². The molecule has 2 rings (SSSR count). The summed E-state index contributed by atoms with van der Waals surface area (Å²) in [5.41, 5.74) is 0.551. The molecule has 1 atom stereocenters. The highest BCUT2D eigenvalue weighted by Crippen LogP contribution is 2.25. The fourth-order valence-electron chi connectivity index (χ4n) is 2.09. The van der Waals surface area contributed by atoms with Crippen LogP contribution in [0.1, 0.15) is 12.0 Å². The molecule has 0 saturated carbocycles. The van der Waals surface area contributed by atoms with Crippen molar-refractivity contribution in [3.8, 4) is 5.75 Å². The summed E-state index contributed by atoms with van der Waals surface area (Å²) in [4.78, 5) is 13.0. The normalized spacial score (nSPS) is 19.5. The Balaban J connectivity index is 2.01. The van der Waals surface area contributed by atoms with E-state index in [1.54, 1.807) is 0 Å². The first-order chi connectivity index (χ1) is 10.0. The highest BCUT2D eigenvalue weighted by Gasteiger charge is 2.37. The number of ether oxygens (including phenoxy) is 1. The molecule has 1 aliphatic heterocycles. The summed E-state index contributed by atoms with van der Waals surface area (Å²) in [5, 5.41) is -0.963. The molecule has 1 saturated heterocycles. The lowest BCUT2D eigenvalue weighted by Gasteiger charge is -2.16. The number of alkyl halides is 3. The summed E-state index contributed by atoms with van der Waals surface area (Å²) in [7, 11) is 1.40. The minimum absolute atomic E-state index is 0.0362. The van der Waals surface area contributed by atoms with Crippen molar-refractivity contribution in [3.63, 3.8) is 0 Å². The second kappa shape index (κ2) is 5.96. The van der Waals surface area contributed by atoms with E-state index in [1.807, 2.05) is 0 Å². The van der Waals surface area contributed by atoms with Crippen LogP contribution in [-0.2, 0) is 20.4 Å². The number of amides is 1. The van der Waals surface area contributed by atoms with Crippen LogP contribution in [-0.4, -0.2) is 37.4 Å². The Bertz CT molecular complexity index is 660. The first-order valence-electron chi connectivity index (χ1n) is 6.10. The SMILES string of the molecule is O=C1CC(S(=O)(=O)Cl)CN1Cc1ccc(OC(F)(F)F)cc1. The van der Waals surface area contributed by atoms with Gasteiger partial charge in [0.2, 0.25) is 15.0 Å². The van der Waals surface area contributed by atoms with Crippen LogP contribution in [0.15, 0.2) is 24.3 Å². The van der Waals surface area contributed by atoms with Gasteiger partial charge in [0.05, 0.1) is 0 Å². The minimum atomic E-state index is -4.77. The van der Waals surface area contributed by atoms with Gasteiger partial charge in [-0.25, -0.2) is 8.42 Å². The van der Waals surface area contributed by atoms with Crippen LogP contribution < -0.4 is 4.74 Å². The van der Waals surface area contributed by atoms with Gasteiger partial charge in [0.1, 0.15) is 11.0 Å². The lowest BCUT2D eigenvalue weighted by Crippen LogP contribution is -2.26. The Hall–Kier alpha value is -1.48. The van der Waals surface area contributed by atoms with Crippen molar-refractivity contribution in [2.24, 2.45) is 0 Å². The smallest absolute Gasteiger partial charge is 0.406 e. The molecular formula is C12H11ClF3NO4S. The zero-order valence-electron chi connectivity index (χ0n) is 11.0.